The summed E-state index contributed by atoms with van der Waals surface area (Å²) in [7, 11) is -6.79. The van der Waals surface area contributed by atoms with Gasteiger partial charge in [0.15, 0.2) is 0 Å². The van der Waals surface area contributed by atoms with E-state index in [1.54, 1.807) is 6.92 Å². The van der Waals surface area contributed by atoms with Crippen LogP contribution >= 0.6 is 0 Å². The molecule has 0 radical (unpaired) electrons. The Morgan fingerprint density at radius 3 is 2.07 bits per heavy atom. The number of rotatable bonds is 6. The van der Waals surface area contributed by atoms with Gasteiger partial charge in [-0.2, -0.15) is 0 Å². The van der Waals surface area contributed by atoms with Crippen LogP contribution in [-0.2, 0) is 19.9 Å². The van der Waals surface area contributed by atoms with Gasteiger partial charge in [-0.15, -0.1) is 0 Å². The third-order valence-corrected chi connectivity index (χ3v) is 4.16. The van der Waals surface area contributed by atoms with Crippen LogP contribution in [0.5, 0.6) is 0 Å². The molecule has 0 amide bonds. The maximum atomic E-state index is 11.2. The Hall–Kier alpha value is -0.180. The zero-order chi connectivity index (χ0) is 11.4. The third-order valence-electron chi connectivity index (χ3n) is 1.46. The minimum Gasteiger partial charge on any atom is -0.329 e. The van der Waals surface area contributed by atoms with Crippen LogP contribution in [-0.4, -0.2) is 47.2 Å². The fraction of sp³-hybridized carbons (Fsp3) is 1.00. The summed E-state index contributed by atoms with van der Waals surface area (Å²) in [4.78, 5) is 0. The highest BCUT2D eigenvalue weighted by atomic mass is 32.2. The van der Waals surface area contributed by atoms with Crippen LogP contribution in [0.3, 0.4) is 0 Å². The summed E-state index contributed by atoms with van der Waals surface area (Å²) in [5, 5.41) is 0. The van der Waals surface area contributed by atoms with Crippen molar-refractivity contribution in [2.45, 2.75) is 13.0 Å². The van der Waals surface area contributed by atoms with Gasteiger partial charge >= 0.3 is 0 Å². The van der Waals surface area contributed by atoms with E-state index in [4.69, 9.17) is 5.73 Å². The number of sulfonamides is 1. The molecule has 0 aliphatic heterocycles. The van der Waals surface area contributed by atoms with Crippen molar-refractivity contribution in [2.24, 2.45) is 5.73 Å². The van der Waals surface area contributed by atoms with Crippen molar-refractivity contribution in [1.29, 1.82) is 0 Å². The Kier molecular flexibility index (Phi) is 4.99. The molecule has 0 bridgehead atoms. The normalized spacial score (nSPS) is 15.4. The lowest BCUT2D eigenvalue weighted by atomic mass is 10.4. The van der Waals surface area contributed by atoms with Gasteiger partial charge in [0.05, 0.1) is 11.5 Å². The summed E-state index contributed by atoms with van der Waals surface area (Å²) in [5.41, 5.74) is 5.22. The molecule has 86 valence electrons. The Labute approximate surface area is 84.8 Å². The van der Waals surface area contributed by atoms with Crippen LogP contribution < -0.4 is 10.5 Å². The summed E-state index contributed by atoms with van der Waals surface area (Å²) < 4.78 is 46.1. The molecule has 0 aromatic heterocycles. The lowest BCUT2D eigenvalue weighted by Crippen LogP contribution is -2.40. The van der Waals surface area contributed by atoms with Crippen LogP contribution in [0.15, 0.2) is 0 Å². The second kappa shape index (κ2) is 5.06. The van der Waals surface area contributed by atoms with Crippen LogP contribution in [0.4, 0.5) is 0 Å². The van der Waals surface area contributed by atoms with Crippen LogP contribution in [0.2, 0.25) is 0 Å². The number of hydrogen-bond donors (Lipinski definition) is 2. The molecule has 0 aromatic rings. The maximum absolute atomic E-state index is 11.2. The summed E-state index contributed by atoms with van der Waals surface area (Å²) in [5.74, 6) is -0.796. The number of sulfone groups is 1. The number of nitrogens with two attached hydrogens (primary N) is 1. The first kappa shape index (κ1) is 13.8. The number of nitrogens with one attached hydrogen (secondary N) is 1. The molecule has 0 rings (SSSR count). The average Bonchev–Trinajstić information content (AvgIpc) is 1.99. The van der Waals surface area contributed by atoms with E-state index in [0.29, 0.717) is 0 Å². The fourth-order valence-electron chi connectivity index (χ4n) is 0.675. The first-order chi connectivity index (χ1) is 6.16. The predicted octanol–water partition coefficient (Wildman–Crippen LogP) is -1.70. The maximum Gasteiger partial charge on any atom is 0.212 e. The molecule has 14 heavy (non-hydrogen) atoms. The van der Waals surface area contributed by atoms with Crippen molar-refractivity contribution in [1.82, 2.24) is 4.72 Å². The molecule has 0 aliphatic carbocycles. The first-order valence-corrected chi connectivity index (χ1v) is 7.75. The molecule has 1 unspecified atom stereocenters. The van der Waals surface area contributed by atoms with E-state index in [1.807, 2.05) is 0 Å². The van der Waals surface area contributed by atoms with Gasteiger partial charge in [0.1, 0.15) is 9.84 Å². The van der Waals surface area contributed by atoms with Crippen LogP contribution in [0.1, 0.15) is 6.92 Å². The zero-order valence-electron chi connectivity index (χ0n) is 8.23. The van der Waals surface area contributed by atoms with E-state index < -0.39 is 25.6 Å². The van der Waals surface area contributed by atoms with E-state index in [-0.39, 0.29) is 18.3 Å². The molecule has 0 saturated heterocycles. The summed E-state index contributed by atoms with van der Waals surface area (Å²) in [6.07, 6.45) is 0.995. The molecule has 0 aliphatic rings. The SMILES string of the molecule is CC(CN)NS(=O)(=O)CCS(C)(=O)=O. The highest BCUT2D eigenvalue weighted by Crippen LogP contribution is 1.91. The van der Waals surface area contributed by atoms with Crippen molar-refractivity contribution in [2.75, 3.05) is 24.3 Å². The molecule has 0 saturated carbocycles. The van der Waals surface area contributed by atoms with Gasteiger partial charge in [0.2, 0.25) is 10.0 Å². The van der Waals surface area contributed by atoms with E-state index in [1.165, 1.54) is 0 Å². The van der Waals surface area contributed by atoms with Gasteiger partial charge in [0.25, 0.3) is 0 Å². The van der Waals surface area contributed by atoms with Crippen molar-refractivity contribution in [3.05, 3.63) is 0 Å². The standard InChI is InChI=1S/C6H16N2O4S2/c1-6(5-7)8-14(11,12)4-3-13(2,9)10/h6,8H,3-5,7H2,1-2H3. The van der Waals surface area contributed by atoms with E-state index in [2.05, 4.69) is 4.72 Å². The smallest absolute Gasteiger partial charge is 0.212 e. The van der Waals surface area contributed by atoms with Crippen molar-refractivity contribution >= 4 is 19.9 Å². The highest BCUT2D eigenvalue weighted by Gasteiger charge is 2.16. The fourth-order valence-corrected chi connectivity index (χ4v) is 3.59. The van der Waals surface area contributed by atoms with Crippen LogP contribution in [0.25, 0.3) is 0 Å². The molecule has 8 heteroatoms. The van der Waals surface area contributed by atoms with Crippen molar-refractivity contribution in [3.8, 4) is 0 Å². The largest absolute Gasteiger partial charge is 0.329 e. The second-order valence-corrected chi connectivity index (χ2v) is 7.34. The van der Waals surface area contributed by atoms with E-state index >= 15 is 0 Å². The highest BCUT2D eigenvalue weighted by molar-refractivity contribution is 7.93. The molecule has 3 N–H and O–H groups in total. The Bertz CT molecular complexity index is 359. The molecule has 1 atom stereocenters. The first-order valence-electron chi connectivity index (χ1n) is 4.04. The van der Waals surface area contributed by atoms with Gasteiger partial charge in [0, 0.05) is 18.8 Å². The van der Waals surface area contributed by atoms with Gasteiger partial charge in [-0.25, -0.2) is 21.6 Å². The molecular formula is C6H16N2O4S2. The molecular weight excluding hydrogens is 228 g/mol. The molecule has 0 aromatic carbocycles. The monoisotopic (exact) mass is 244 g/mol. The quantitative estimate of drug-likeness (QED) is 0.579. The third kappa shape index (κ3) is 7.25. The second-order valence-electron chi connectivity index (χ2n) is 3.20. The van der Waals surface area contributed by atoms with Crippen molar-refractivity contribution in [3.63, 3.8) is 0 Å². The predicted molar refractivity (Wildman–Crippen MR) is 55.1 cm³/mol. The van der Waals surface area contributed by atoms with E-state index in [9.17, 15) is 16.8 Å². The summed E-state index contributed by atoms with van der Waals surface area (Å²) in [6, 6.07) is -0.375. The summed E-state index contributed by atoms with van der Waals surface area (Å²) in [6.45, 7) is 1.79. The average molecular weight is 244 g/mol. The Morgan fingerprint density at radius 1 is 1.21 bits per heavy atom. The molecule has 0 fully saturated rings. The molecule has 0 heterocycles. The Morgan fingerprint density at radius 2 is 1.71 bits per heavy atom. The molecule has 6 nitrogen and oxygen atoms in total. The summed E-state index contributed by atoms with van der Waals surface area (Å²) >= 11 is 0. The minimum absolute atomic E-state index is 0.179. The molecule has 0 spiro atoms. The van der Waals surface area contributed by atoms with Crippen LogP contribution in [0, 0.1) is 0 Å². The minimum atomic E-state index is -3.54. The van der Waals surface area contributed by atoms with Gasteiger partial charge < -0.3 is 5.73 Å². The van der Waals surface area contributed by atoms with Crippen molar-refractivity contribution < 1.29 is 16.8 Å². The van der Waals surface area contributed by atoms with Gasteiger partial charge in [-0.3, -0.25) is 0 Å². The lowest BCUT2D eigenvalue weighted by Gasteiger charge is -2.11. The number of hydrogen-bond acceptors (Lipinski definition) is 5. The topological polar surface area (TPSA) is 106 Å². The van der Waals surface area contributed by atoms with Gasteiger partial charge in [-0.1, -0.05) is 0 Å². The lowest BCUT2D eigenvalue weighted by molar-refractivity contribution is 0.562. The zero-order valence-corrected chi connectivity index (χ0v) is 9.86. The Balaban J connectivity index is 4.24. The van der Waals surface area contributed by atoms with Gasteiger partial charge in [-0.05, 0) is 6.92 Å². The van der Waals surface area contributed by atoms with E-state index in [0.717, 1.165) is 6.26 Å².